The van der Waals surface area contributed by atoms with Crippen LogP contribution in [-0.2, 0) is 14.8 Å². The van der Waals surface area contributed by atoms with Gasteiger partial charge in [-0.05, 0) is 50.1 Å². The Balaban J connectivity index is 1.34. The molecule has 4 aliphatic rings. The number of hydrogen-bond acceptors (Lipinski definition) is 8. The molecule has 36 heavy (non-hydrogen) atoms. The van der Waals surface area contributed by atoms with E-state index in [1.165, 1.54) is 17.1 Å². The number of allylic oxidation sites excluding steroid dienone is 3. The van der Waals surface area contributed by atoms with Crippen molar-refractivity contribution in [2.75, 3.05) is 13.6 Å². The van der Waals surface area contributed by atoms with Crippen LogP contribution in [0.5, 0.6) is 0 Å². The number of hydrogen-bond donors (Lipinski definition) is 2. The van der Waals surface area contributed by atoms with Gasteiger partial charge in [0.25, 0.3) is 5.91 Å². The molecule has 1 fully saturated rings. The molecule has 0 spiro atoms. The van der Waals surface area contributed by atoms with Gasteiger partial charge in [0.1, 0.15) is 12.4 Å². The van der Waals surface area contributed by atoms with Gasteiger partial charge in [0.15, 0.2) is 0 Å². The van der Waals surface area contributed by atoms with Crippen LogP contribution in [0.25, 0.3) is 0 Å². The Morgan fingerprint density at radius 1 is 1.33 bits per heavy atom. The standard InChI is InChI=1S/C22H27ClN8O4S/c1-12-18-16(19(29(2)27-18)13-8-14(23)10-15(9-13)36(24,34)35)5-7-30(12)22(33)20-26-11-31(28-20)17-4-3-6-25-21(17)32/h3,6,9-12,14,16-17,19H,4-5,7-8H2,1-2H3,(H,25,32)(H2,24,34,35)/t12-,14?,16?,17?,19?/m1/s1. The fourth-order valence-electron chi connectivity index (χ4n) is 5.40. The van der Waals surface area contributed by atoms with E-state index in [4.69, 9.17) is 21.8 Å². The van der Waals surface area contributed by atoms with E-state index in [9.17, 15) is 18.0 Å². The largest absolute Gasteiger partial charge is 0.331 e. The first-order valence-corrected chi connectivity index (χ1v) is 13.6. The number of primary sulfonamides is 1. The molecule has 4 unspecified atom stereocenters. The van der Waals surface area contributed by atoms with Crippen molar-refractivity contribution in [2.45, 2.75) is 49.7 Å². The van der Waals surface area contributed by atoms with E-state index in [0.29, 0.717) is 25.8 Å². The molecular formula is C22H27ClN8O4S. The third kappa shape index (κ3) is 4.35. The van der Waals surface area contributed by atoms with Crippen LogP contribution < -0.4 is 10.5 Å². The van der Waals surface area contributed by atoms with E-state index in [1.54, 1.807) is 17.2 Å². The number of nitrogens with two attached hydrogens (primary N) is 1. The second-order valence-corrected chi connectivity index (χ2v) is 11.5. The van der Waals surface area contributed by atoms with Crippen LogP contribution in [0, 0.1) is 5.92 Å². The monoisotopic (exact) mass is 534 g/mol. The molecule has 0 radical (unpaired) electrons. The number of nitrogens with zero attached hydrogens (tertiary/aromatic N) is 6. The third-order valence-corrected chi connectivity index (χ3v) is 8.30. The van der Waals surface area contributed by atoms with Gasteiger partial charge in [-0.3, -0.25) is 14.6 Å². The van der Waals surface area contributed by atoms with Gasteiger partial charge in [-0.25, -0.2) is 23.2 Å². The van der Waals surface area contributed by atoms with Crippen molar-refractivity contribution >= 4 is 39.2 Å². The summed E-state index contributed by atoms with van der Waals surface area (Å²) in [4.78, 5) is 31.3. The number of rotatable bonds is 4. The Kier molecular flexibility index (Phi) is 6.25. The van der Waals surface area contributed by atoms with Gasteiger partial charge < -0.3 is 10.2 Å². The first-order chi connectivity index (χ1) is 17.0. The number of sulfonamides is 1. The van der Waals surface area contributed by atoms with Crippen molar-refractivity contribution < 1.29 is 18.0 Å². The Bertz CT molecular complexity index is 1330. The lowest BCUT2D eigenvalue weighted by Crippen LogP contribution is -2.52. The molecule has 0 saturated carbocycles. The van der Waals surface area contributed by atoms with Crippen LogP contribution in [0.15, 0.2) is 46.3 Å². The summed E-state index contributed by atoms with van der Waals surface area (Å²) in [7, 11) is -2.06. The van der Waals surface area contributed by atoms with E-state index < -0.39 is 21.4 Å². The Hall–Kier alpha value is -3.03. The number of halogens is 1. The van der Waals surface area contributed by atoms with Crippen LogP contribution in [-0.4, -0.2) is 81.7 Å². The minimum absolute atomic E-state index is 0.00719. The molecule has 14 heteroatoms. The molecule has 3 aliphatic heterocycles. The highest BCUT2D eigenvalue weighted by Crippen LogP contribution is 2.39. The zero-order chi connectivity index (χ0) is 25.8. The zero-order valence-electron chi connectivity index (χ0n) is 19.8. The zero-order valence-corrected chi connectivity index (χ0v) is 21.4. The van der Waals surface area contributed by atoms with Gasteiger partial charge in [-0.1, -0.05) is 6.08 Å². The molecule has 2 amide bonds. The lowest BCUT2D eigenvalue weighted by molar-refractivity contribution is -0.124. The first-order valence-electron chi connectivity index (χ1n) is 11.6. The third-order valence-electron chi connectivity index (χ3n) is 7.11. The van der Waals surface area contributed by atoms with Crippen LogP contribution >= 0.6 is 11.6 Å². The Morgan fingerprint density at radius 2 is 2.11 bits per heavy atom. The van der Waals surface area contributed by atoms with E-state index in [-0.39, 0.29) is 40.5 Å². The number of hydrazone groups is 1. The number of carbonyl (C=O) groups excluding carboxylic acids is 2. The van der Waals surface area contributed by atoms with E-state index in [0.717, 1.165) is 11.3 Å². The predicted molar refractivity (Wildman–Crippen MR) is 132 cm³/mol. The lowest BCUT2D eigenvalue weighted by Gasteiger charge is -2.38. The summed E-state index contributed by atoms with van der Waals surface area (Å²) < 4.78 is 25.3. The average molecular weight is 535 g/mol. The van der Waals surface area contributed by atoms with Crippen LogP contribution in [0.4, 0.5) is 0 Å². The van der Waals surface area contributed by atoms with Crippen molar-refractivity contribution in [1.29, 1.82) is 0 Å². The van der Waals surface area contributed by atoms with Crippen LogP contribution in [0.1, 0.15) is 42.8 Å². The minimum Gasteiger partial charge on any atom is -0.331 e. The van der Waals surface area contributed by atoms with Gasteiger partial charge >= 0.3 is 0 Å². The van der Waals surface area contributed by atoms with Crippen LogP contribution in [0.3, 0.4) is 0 Å². The summed E-state index contributed by atoms with van der Waals surface area (Å²) in [6, 6.07) is -1.05. The molecule has 1 aliphatic carbocycles. The Morgan fingerprint density at radius 3 is 2.83 bits per heavy atom. The number of nitrogens with one attached hydrogen (secondary N) is 1. The molecule has 5 rings (SSSR count). The number of alkyl halides is 1. The number of piperidine rings is 1. The molecule has 12 nitrogen and oxygen atoms in total. The summed E-state index contributed by atoms with van der Waals surface area (Å²) >= 11 is 6.35. The molecule has 4 heterocycles. The van der Waals surface area contributed by atoms with Crippen LogP contribution in [0.2, 0.25) is 0 Å². The van der Waals surface area contributed by atoms with Crippen molar-refractivity contribution in [1.82, 2.24) is 30.0 Å². The van der Waals surface area contributed by atoms with E-state index >= 15 is 0 Å². The first kappa shape index (κ1) is 24.7. The quantitative estimate of drug-likeness (QED) is 0.532. The van der Waals surface area contributed by atoms with Crippen molar-refractivity contribution in [3.63, 3.8) is 0 Å². The maximum absolute atomic E-state index is 13.3. The maximum Gasteiger partial charge on any atom is 0.294 e. The van der Waals surface area contributed by atoms with E-state index in [1.807, 2.05) is 25.1 Å². The molecule has 5 atom stereocenters. The molecule has 3 N–H and O–H groups in total. The van der Waals surface area contributed by atoms with Crippen molar-refractivity contribution in [3.8, 4) is 0 Å². The number of carbonyl (C=O) groups is 2. The number of likely N-dealkylation sites (N-methyl/N-ethyl adjacent to an activating group) is 1. The summed E-state index contributed by atoms with van der Waals surface area (Å²) in [6.07, 6.45) is 9.45. The SMILES string of the molecule is C[C@@H]1C2=NN(C)C(C3=CC(S(N)(=O)=O)=CC(Cl)C3)C2CCN1C(=O)c1ncn(C2CC=CNC2=O)n1. The fraction of sp³-hybridized carbons (Fsp3) is 0.500. The second-order valence-electron chi connectivity index (χ2n) is 9.38. The molecule has 192 valence electrons. The molecular weight excluding hydrogens is 508 g/mol. The highest BCUT2D eigenvalue weighted by Gasteiger charge is 2.46. The van der Waals surface area contributed by atoms with Crippen molar-refractivity contribution in [3.05, 3.63) is 47.1 Å². The minimum atomic E-state index is -3.89. The summed E-state index contributed by atoms with van der Waals surface area (Å²) in [6.45, 7) is 2.36. The smallest absolute Gasteiger partial charge is 0.294 e. The highest BCUT2D eigenvalue weighted by atomic mass is 35.5. The van der Waals surface area contributed by atoms with Gasteiger partial charge in [0.2, 0.25) is 21.8 Å². The van der Waals surface area contributed by atoms with Gasteiger partial charge in [-0.15, -0.1) is 16.7 Å². The number of aromatic nitrogens is 3. The highest BCUT2D eigenvalue weighted by molar-refractivity contribution is 7.93. The molecule has 1 saturated heterocycles. The number of likely N-dealkylation sites (tertiary alicyclic amines) is 1. The maximum atomic E-state index is 13.3. The van der Waals surface area contributed by atoms with Gasteiger partial charge in [-0.2, -0.15) is 5.10 Å². The molecule has 0 aromatic carbocycles. The fourth-order valence-corrected chi connectivity index (χ4v) is 6.46. The van der Waals surface area contributed by atoms with E-state index in [2.05, 4.69) is 15.4 Å². The summed E-state index contributed by atoms with van der Waals surface area (Å²) in [5, 5.41) is 18.4. The second kappa shape index (κ2) is 9.12. The average Bonchev–Trinajstić information content (AvgIpc) is 3.43. The lowest BCUT2D eigenvalue weighted by atomic mass is 9.79. The van der Waals surface area contributed by atoms with Gasteiger partial charge in [0, 0.05) is 19.5 Å². The van der Waals surface area contributed by atoms with Gasteiger partial charge in [0.05, 0.1) is 28.1 Å². The number of amides is 2. The topological polar surface area (TPSA) is 156 Å². The molecule has 1 aromatic rings. The molecule has 0 bridgehead atoms. The number of fused-ring (bicyclic) bond motifs is 1. The molecule has 1 aromatic heterocycles. The van der Waals surface area contributed by atoms with Crippen molar-refractivity contribution in [2.24, 2.45) is 16.2 Å². The Labute approximate surface area is 213 Å². The predicted octanol–water partition coefficient (Wildman–Crippen LogP) is 0.483. The summed E-state index contributed by atoms with van der Waals surface area (Å²) in [5.74, 6) is -0.527. The summed E-state index contributed by atoms with van der Waals surface area (Å²) in [5.41, 5.74) is 1.68. The normalized spacial score (nSPS) is 30.4.